The van der Waals surface area contributed by atoms with Gasteiger partial charge in [0.2, 0.25) is 0 Å². The second kappa shape index (κ2) is 4.57. The van der Waals surface area contributed by atoms with Gasteiger partial charge in [-0.3, -0.25) is 0 Å². The van der Waals surface area contributed by atoms with Gasteiger partial charge in [-0.15, -0.1) is 6.42 Å². The lowest BCUT2D eigenvalue weighted by atomic mass is 10.0. The van der Waals surface area contributed by atoms with Crippen molar-refractivity contribution >= 4 is 0 Å². The zero-order valence-electron chi connectivity index (χ0n) is 8.08. The van der Waals surface area contributed by atoms with Gasteiger partial charge in [-0.05, 0) is 19.9 Å². The first-order valence-corrected chi connectivity index (χ1v) is 4.47. The van der Waals surface area contributed by atoms with Crippen LogP contribution < -0.4 is 4.74 Å². The first kappa shape index (κ1) is 9.67. The maximum atomic E-state index is 5.46. The smallest absolute Gasteiger partial charge is 0.123 e. The minimum atomic E-state index is 0.114. The van der Waals surface area contributed by atoms with E-state index in [1.54, 1.807) is 0 Å². The zero-order valence-corrected chi connectivity index (χ0v) is 8.08. The van der Waals surface area contributed by atoms with Crippen molar-refractivity contribution in [1.82, 2.24) is 0 Å². The standard InChI is InChI=1S/C12H14O/c1-4-10(3)11-8-6-7-9-12(11)13-5-2/h1,6-10H,5H2,2-3H3. The molecule has 0 bridgehead atoms. The minimum Gasteiger partial charge on any atom is -0.494 e. The number of para-hydroxylation sites is 1. The Balaban J connectivity index is 2.98. The fourth-order valence-corrected chi connectivity index (χ4v) is 1.21. The molecule has 0 spiro atoms. The molecule has 1 unspecified atom stereocenters. The van der Waals surface area contributed by atoms with E-state index in [1.165, 1.54) is 0 Å². The Bertz CT molecular complexity index is 309. The molecule has 1 aromatic carbocycles. The second-order valence-electron chi connectivity index (χ2n) is 2.86. The molecular weight excluding hydrogens is 160 g/mol. The Labute approximate surface area is 79.7 Å². The zero-order chi connectivity index (χ0) is 9.68. The normalized spacial score (nSPS) is 11.8. The van der Waals surface area contributed by atoms with Crippen LogP contribution in [0.4, 0.5) is 0 Å². The molecule has 0 saturated heterocycles. The fraction of sp³-hybridized carbons (Fsp3) is 0.333. The van der Waals surface area contributed by atoms with Crippen LogP contribution in [-0.4, -0.2) is 6.61 Å². The quantitative estimate of drug-likeness (QED) is 0.640. The van der Waals surface area contributed by atoms with Crippen LogP contribution in [0.25, 0.3) is 0 Å². The third-order valence-corrected chi connectivity index (χ3v) is 1.94. The number of benzene rings is 1. The predicted molar refractivity (Wildman–Crippen MR) is 54.9 cm³/mol. The van der Waals surface area contributed by atoms with Crippen molar-refractivity contribution in [2.45, 2.75) is 19.8 Å². The number of hydrogen-bond donors (Lipinski definition) is 0. The Morgan fingerprint density at radius 2 is 2.15 bits per heavy atom. The molecule has 1 rings (SSSR count). The number of hydrogen-bond acceptors (Lipinski definition) is 1. The van der Waals surface area contributed by atoms with Gasteiger partial charge in [-0.25, -0.2) is 0 Å². The van der Waals surface area contributed by atoms with E-state index in [-0.39, 0.29) is 5.92 Å². The average Bonchev–Trinajstić information content (AvgIpc) is 2.18. The van der Waals surface area contributed by atoms with Gasteiger partial charge >= 0.3 is 0 Å². The lowest BCUT2D eigenvalue weighted by Crippen LogP contribution is -1.98. The SMILES string of the molecule is C#CC(C)c1ccccc1OCC. The summed E-state index contributed by atoms with van der Waals surface area (Å²) in [5.41, 5.74) is 1.09. The molecule has 1 aromatic rings. The summed E-state index contributed by atoms with van der Waals surface area (Å²) < 4.78 is 5.46. The first-order chi connectivity index (χ1) is 6.29. The molecule has 0 fully saturated rings. The van der Waals surface area contributed by atoms with E-state index >= 15 is 0 Å². The summed E-state index contributed by atoms with van der Waals surface area (Å²) >= 11 is 0. The van der Waals surface area contributed by atoms with Crippen LogP contribution in [0.15, 0.2) is 24.3 Å². The Hall–Kier alpha value is -1.42. The van der Waals surface area contributed by atoms with Gasteiger partial charge in [0.1, 0.15) is 5.75 Å². The second-order valence-corrected chi connectivity index (χ2v) is 2.86. The summed E-state index contributed by atoms with van der Waals surface area (Å²) in [6, 6.07) is 7.89. The molecule has 0 aromatic heterocycles. The molecule has 0 aliphatic carbocycles. The average molecular weight is 174 g/mol. The van der Waals surface area contributed by atoms with Gasteiger partial charge in [0.25, 0.3) is 0 Å². The molecule has 0 aliphatic heterocycles. The lowest BCUT2D eigenvalue weighted by molar-refractivity contribution is 0.336. The summed E-state index contributed by atoms with van der Waals surface area (Å²) in [4.78, 5) is 0. The van der Waals surface area contributed by atoms with E-state index in [1.807, 2.05) is 38.1 Å². The van der Waals surface area contributed by atoms with Crippen LogP contribution in [0.1, 0.15) is 25.3 Å². The van der Waals surface area contributed by atoms with Gasteiger partial charge in [0.05, 0.1) is 6.61 Å². The van der Waals surface area contributed by atoms with Crippen molar-refractivity contribution in [3.63, 3.8) is 0 Å². The van der Waals surface area contributed by atoms with Crippen LogP contribution in [0.3, 0.4) is 0 Å². The van der Waals surface area contributed by atoms with Gasteiger partial charge in [-0.1, -0.05) is 24.1 Å². The highest BCUT2D eigenvalue weighted by atomic mass is 16.5. The van der Waals surface area contributed by atoms with Gasteiger partial charge < -0.3 is 4.74 Å². The third-order valence-electron chi connectivity index (χ3n) is 1.94. The highest BCUT2D eigenvalue weighted by molar-refractivity contribution is 5.39. The van der Waals surface area contributed by atoms with Crippen LogP contribution in [-0.2, 0) is 0 Å². The van der Waals surface area contributed by atoms with E-state index in [2.05, 4.69) is 5.92 Å². The summed E-state index contributed by atoms with van der Waals surface area (Å²) in [6.07, 6.45) is 5.36. The van der Waals surface area contributed by atoms with E-state index < -0.39 is 0 Å². The van der Waals surface area contributed by atoms with Crippen LogP contribution in [0, 0.1) is 12.3 Å². The topological polar surface area (TPSA) is 9.23 Å². The van der Waals surface area contributed by atoms with Crippen molar-refractivity contribution in [3.05, 3.63) is 29.8 Å². The molecule has 0 heterocycles. The van der Waals surface area contributed by atoms with Crippen molar-refractivity contribution in [2.75, 3.05) is 6.61 Å². The van der Waals surface area contributed by atoms with E-state index in [0.29, 0.717) is 6.61 Å². The number of terminal acetylenes is 1. The number of ether oxygens (including phenoxy) is 1. The maximum absolute atomic E-state index is 5.46. The molecule has 13 heavy (non-hydrogen) atoms. The Kier molecular flexibility index (Phi) is 3.40. The minimum absolute atomic E-state index is 0.114. The van der Waals surface area contributed by atoms with Crippen LogP contribution >= 0.6 is 0 Å². The van der Waals surface area contributed by atoms with Gasteiger partial charge in [0.15, 0.2) is 0 Å². The maximum Gasteiger partial charge on any atom is 0.123 e. The van der Waals surface area contributed by atoms with E-state index in [4.69, 9.17) is 11.2 Å². The Morgan fingerprint density at radius 3 is 2.77 bits per heavy atom. The van der Waals surface area contributed by atoms with Crippen molar-refractivity contribution in [3.8, 4) is 18.1 Å². The molecule has 0 radical (unpaired) electrons. The van der Waals surface area contributed by atoms with Gasteiger partial charge in [-0.2, -0.15) is 0 Å². The van der Waals surface area contributed by atoms with E-state index in [9.17, 15) is 0 Å². The third kappa shape index (κ3) is 2.26. The Morgan fingerprint density at radius 1 is 1.46 bits per heavy atom. The number of rotatable bonds is 3. The molecule has 0 N–H and O–H groups in total. The molecule has 1 nitrogen and oxygen atoms in total. The van der Waals surface area contributed by atoms with E-state index in [0.717, 1.165) is 11.3 Å². The largest absolute Gasteiger partial charge is 0.494 e. The molecule has 0 aliphatic rings. The van der Waals surface area contributed by atoms with Crippen molar-refractivity contribution in [1.29, 1.82) is 0 Å². The summed E-state index contributed by atoms with van der Waals surface area (Å²) in [5, 5.41) is 0. The highest BCUT2D eigenvalue weighted by Gasteiger charge is 2.07. The van der Waals surface area contributed by atoms with Crippen LogP contribution in [0.5, 0.6) is 5.75 Å². The summed E-state index contributed by atoms with van der Waals surface area (Å²) in [6.45, 7) is 4.64. The molecule has 68 valence electrons. The van der Waals surface area contributed by atoms with Crippen molar-refractivity contribution in [2.24, 2.45) is 0 Å². The lowest BCUT2D eigenvalue weighted by Gasteiger charge is -2.11. The predicted octanol–water partition coefficient (Wildman–Crippen LogP) is 2.82. The molecule has 1 atom stereocenters. The molecule has 0 amide bonds. The highest BCUT2D eigenvalue weighted by Crippen LogP contribution is 2.25. The van der Waals surface area contributed by atoms with Crippen molar-refractivity contribution < 1.29 is 4.74 Å². The monoisotopic (exact) mass is 174 g/mol. The van der Waals surface area contributed by atoms with Gasteiger partial charge in [0, 0.05) is 11.5 Å². The summed E-state index contributed by atoms with van der Waals surface area (Å²) in [5.74, 6) is 3.71. The van der Waals surface area contributed by atoms with Crippen LogP contribution in [0.2, 0.25) is 0 Å². The summed E-state index contributed by atoms with van der Waals surface area (Å²) in [7, 11) is 0. The molecule has 0 saturated carbocycles. The first-order valence-electron chi connectivity index (χ1n) is 4.47. The molecule has 1 heteroatoms. The molecular formula is C12H14O. The fourth-order valence-electron chi connectivity index (χ4n) is 1.21.